The Labute approximate surface area is 138 Å². The van der Waals surface area contributed by atoms with Crippen LogP contribution in [-0.2, 0) is 26.6 Å². The van der Waals surface area contributed by atoms with Gasteiger partial charge in [-0.25, -0.2) is 13.1 Å². The molecule has 3 atom stereocenters. The second-order valence-electron chi connectivity index (χ2n) is 7.31. The third-order valence-corrected chi connectivity index (χ3v) is 7.29. The van der Waals surface area contributed by atoms with Crippen LogP contribution in [0.5, 0.6) is 0 Å². The largest absolute Gasteiger partial charge is 0.378 e. The van der Waals surface area contributed by atoms with Crippen molar-refractivity contribution in [1.29, 1.82) is 0 Å². The van der Waals surface area contributed by atoms with E-state index in [0.717, 1.165) is 32.3 Å². The van der Waals surface area contributed by atoms with Crippen molar-refractivity contribution in [3.8, 4) is 0 Å². The second kappa shape index (κ2) is 5.87. The van der Waals surface area contributed by atoms with Crippen molar-refractivity contribution >= 4 is 10.0 Å². The number of ether oxygens (including phenoxy) is 1. The van der Waals surface area contributed by atoms with Crippen LogP contribution in [0.2, 0.25) is 0 Å². The van der Waals surface area contributed by atoms with Crippen molar-refractivity contribution in [1.82, 2.24) is 4.72 Å². The molecule has 5 heteroatoms. The monoisotopic (exact) mass is 335 g/mol. The summed E-state index contributed by atoms with van der Waals surface area (Å²) in [7, 11) is -3.18. The molecule has 0 aromatic heterocycles. The standard InChI is InChI=1S/C18H25NO3S/c20-23(21,11-8-16-5-3-10-22-16)19-13-15-12-18(15)9-7-14-4-1-2-6-17(14)18/h1-2,4,6,15-16,19H,3,5,7-13H2/t15-,16-,18-/m0/s1. The van der Waals surface area contributed by atoms with Crippen molar-refractivity contribution in [2.45, 2.75) is 50.0 Å². The molecular weight excluding hydrogens is 310 g/mol. The summed E-state index contributed by atoms with van der Waals surface area (Å²) in [5.74, 6) is 0.650. The maximum atomic E-state index is 12.2. The third kappa shape index (κ3) is 3.06. The number of hydrogen-bond donors (Lipinski definition) is 1. The molecule has 1 aliphatic heterocycles. The van der Waals surface area contributed by atoms with Crippen molar-refractivity contribution in [2.75, 3.05) is 18.9 Å². The Morgan fingerprint density at radius 1 is 1.30 bits per heavy atom. The fourth-order valence-corrected chi connectivity index (χ4v) is 5.63. The molecule has 0 amide bonds. The van der Waals surface area contributed by atoms with Crippen molar-refractivity contribution in [3.05, 3.63) is 35.4 Å². The molecule has 23 heavy (non-hydrogen) atoms. The van der Waals surface area contributed by atoms with Gasteiger partial charge in [0.05, 0.1) is 11.9 Å². The Morgan fingerprint density at radius 3 is 3.00 bits per heavy atom. The van der Waals surface area contributed by atoms with Gasteiger partial charge < -0.3 is 4.74 Å². The number of nitrogens with one attached hydrogen (secondary N) is 1. The van der Waals surface area contributed by atoms with Gasteiger partial charge in [0.1, 0.15) is 0 Å². The first-order chi connectivity index (χ1) is 11.1. The average molecular weight is 335 g/mol. The van der Waals surface area contributed by atoms with Crippen LogP contribution in [-0.4, -0.2) is 33.4 Å². The molecule has 1 saturated heterocycles. The van der Waals surface area contributed by atoms with E-state index in [4.69, 9.17) is 4.74 Å². The van der Waals surface area contributed by atoms with Crippen molar-refractivity contribution in [2.24, 2.45) is 5.92 Å². The minimum atomic E-state index is -3.18. The highest BCUT2D eigenvalue weighted by Crippen LogP contribution is 2.61. The van der Waals surface area contributed by atoms with Crippen LogP contribution < -0.4 is 4.72 Å². The van der Waals surface area contributed by atoms with Crippen molar-refractivity contribution in [3.63, 3.8) is 0 Å². The molecule has 4 nitrogen and oxygen atoms in total. The Hall–Kier alpha value is -0.910. The SMILES string of the molecule is O=S(=O)(CC[C@@H]1CCCO1)NC[C@@H]1C[C@@]12CCc1ccccc12. The van der Waals surface area contributed by atoms with Crippen LogP contribution in [0.25, 0.3) is 0 Å². The van der Waals surface area contributed by atoms with E-state index in [1.165, 1.54) is 17.5 Å². The van der Waals surface area contributed by atoms with Crippen LogP contribution in [0.1, 0.15) is 43.2 Å². The first-order valence-corrected chi connectivity index (χ1v) is 10.4. The predicted octanol–water partition coefficient (Wildman–Crippen LogP) is 2.38. The van der Waals surface area contributed by atoms with Gasteiger partial charge in [-0.1, -0.05) is 24.3 Å². The fraction of sp³-hybridized carbons (Fsp3) is 0.667. The zero-order valence-electron chi connectivity index (χ0n) is 13.5. The maximum Gasteiger partial charge on any atom is 0.211 e. The molecule has 0 radical (unpaired) electrons. The Bertz CT molecular complexity index is 681. The summed E-state index contributed by atoms with van der Waals surface area (Å²) in [5, 5.41) is 0. The summed E-state index contributed by atoms with van der Waals surface area (Å²) < 4.78 is 32.8. The topological polar surface area (TPSA) is 55.4 Å². The molecule has 126 valence electrons. The zero-order valence-corrected chi connectivity index (χ0v) is 14.3. The lowest BCUT2D eigenvalue weighted by Gasteiger charge is -2.13. The van der Waals surface area contributed by atoms with Crippen LogP contribution in [0.15, 0.2) is 24.3 Å². The summed E-state index contributed by atoms with van der Waals surface area (Å²) in [4.78, 5) is 0. The minimum absolute atomic E-state index is 0.139. The van der Waals surface area contributed by atoms with Gasteiger partial charge in [-0.15, -0.1) is 0 Å². The lowest BCUT2D eigenvalue weighted by atomic mass is 9.95. The molecule has 2 fully saturated rings. The van der Waals surface area contributed by atoms with Crippen molar-refractivity contribution < 1.29 is 13.2 Å². The first-order valence-electron chi connectivity index (χ1n) is 8.76. The smallest absolute Gasteiger partial charge is 0.211 e. The number of hydrogen-bond acceptors (Lipinski definition) is 3. The molecule has 1 aromatic rings. The summed E-state index contributed by atoms with van der Waals surface area (Å²) in [6, 6.07) is 8.65. The summed E-state index contributed by atoms with van der Waals surface area (Å²) >= 11 is 0. The first kappa shape index (κ1) is 15.6. The molecule has 1 N–H and O–H groups in total. The normalized spacial score (nSPS) is 32.3. The van der Waals surface area contributed by atoms with Crippen LogP contribution in [0.4, 0.5) is 0 Å². The number of benzene rings is 1. The van der Waals surface area contributed by atoms with Gasteiger partial charge in [-0.2, -0.15) is 0 Å². The second-order valence-corrected chi connectivity index (χ2v) is 9.23. The van der Waals surface area contributed by atoms with Gasteiger partial charge in [-0.05, 0) is 55.6 Å². The zero-order chi connectivity index (χ0) is 15.9. The van der Waals surface area contributed by atoms with Gasteiger partial charge in [0.15, 0.2) is 0 Å². The van der Waals surface area contributed by atoms with Gasteiger partial charge >= 0.3 is 0 Å². The van der Waals surface area contributed by atoms with Crippen LogP contribution >= 0.6 is 0 Å². The van der Waals surface area contributed by atoms with E-state index in [2.05, 4.69) is 29.0 Å². The van der Waals surface area contributed by atoms with E-state index in [-0.39, 0.29) is 17.3 Å². The lowest BCUT2D eigenvalue weighted by Crippen LogP contribution is -2.31. The summed E-state index contributed by atoms with van der Waals surface area (Å²) in [6.45, 7) is 1.37. The Morgan fingerprint density at radius 2 is 2.17 bits per heavy atom. The highest BCUT2D eigenvalue weighted by atomic mass is 32.2. The fourth-order valence-electron chi connectivity index (χ4n) is 4.46. The van der Waals surface area contributed by atoms with Gasteiger partial charge in [0.25, 0.3) is 0 Å². The molecular formula is C18H25NO3S. The van der Waals surface area contributed by atoms with E-state index >= 15 is 0 Å². The van der Waals surface area contributed by atoms with E-state index < -0.39 is 10.0 Å². The number of rotatable bonds is 6. The van der Waals surface area contributed by atoms with E-state index in [1.807, 2.05) is 0 Å². The van der Waals surface area contributed by atoms with E-state index in [0.29, 0.717) is 18.9 Å². The quantitative estimate of drug-likeness (QED) is 0.868. The van der Waals surface area contributed by atoms with Gasteiger partial charge in [-0.3, -0.25) is 0 Å². The van der Waals surface area contributed by atoms with Crippen LogP contribution in [0, 0.1) is 5.92 Å². The molecule has 1 aromatic carbocycles. The van der Waals surface area contributed by atoms with Gasteiger partial charge in [0, 0.05) is 18.6 Å². The average Bonchev–Trinajstić information content (AvgIpc) is 2.88. The molecule has 3 aliphatic rings. The molecule has 2 aliphatic carbocycles. The molecule has 4 rings (SSSR count). The molecule has 1 saturated carbocycles. The minimum Gasteiger partial charge on any atom is -0.378 e. The maximum absolute atomic E-state index is 12.2. The molecule has 1 spiro atoms. The number of fused-ring (bicyclic) bond motifs is 2. The molecule has 0 bridgehead atoms. The summed E-state index contributed by atoms with van der Waals surface area (Å²) in [6.07, 6.45) is 6.25. The van der Waals surface area contributed by atoms with Crippen LogP contribution in [0.3, 0.4) is 0 Å². The summed E-state index contributed by atoms with van der Waals surface area (Å²) in [5.41, 5.74) is 3.17. The third-order valence-electron chi connectivity index (χ3n) is 5.91. The highest BCUT2D eigenvalue weighted by molar-refractivity contribution is 7.89. The van der Waals surface area contributed by atoms with Gasteiger partial charge in [0.2, 0.25) is 10.0 Å². The predicted molar refractivity (Wildman–Crippen MR) is 89.9 cm³/mol. The molecule has 1 heterocycles. The number of sulfonamides is 1. The Balaban J connectivity index is 1.31. The lowest BCUT2D eigenvalue weighted by molar-refractivity contribution is 0.109. The number of aryl methyl sites for hydroxylation is 1. The van der Waals surface area contributed by atoms with E-state index in [9.17, 15) is 8.42 Å². The Kier molecular flexibility index (Phi) is 3.98. The highest BCUT2D eigenvalue weighted by Gasteiger charge is 2.57. The molecule has 0 unspecified atom stereocenters. The van der Waals surface area contributed by atoms with E-state index in [1.54, 1.807) is 0 Å².